The van der Waals surface area contributed by atoms with Gasteiger partial charge in [0.05, 0.1) is 11.3 Å². The summed E-state index contributed by atoms with van der Waals surface area (Å²) in [6, 6.07) is 13.4. The maximum Gasteiger partial charge on any atom is 0.361 e. The smallest absolute Gasteiger partial charge is 0.361 e. The molecule has 1 atom stereocenters. The number of Topliss-reactive ketones (excluding diaryl/α,β-unsaturated/α-hetero) is 2. The van der Waals surface area contributed by atoms with Crippen LogP contribution in [-0.4, -0.2) is 82.2 Å². The van der Waals surface area contributed by atoms with Crippen molar-refractivity contribution in [2.45, 2.75) is 64.1 Å². The third kappa shape index (κ3) is 8.12. The van der Waals surface area contributed by atoms with Crippen molar-refractivity contribution in [1.29, 1.82) is 0 Å². The summed E-state index contributed by atoms with van der Waals surface area (Å²) in [5.74, 6) is -9.59. The Morgan fingerprint density at radius 3 is 2.08 bits per heavy atom. The predicted molar refractivity (Wildman–Crippen MR) is 204 cm³/mol. The average Bonchev–Trinajstić information content (AvgIpc) is 3.71. The van der Waals surface area contributed by atoms with E-state index in [1.165, 1.54) is 24.3 Å². The maximum absolute atomic E-state index is 14.2. The van der Waals surface area contributed by atoms with Crippen LogP contribution in [0, 0.1) is 5.82 Å². The molecule has 2 heterocycles. The zero-order chi connectivity index (χ0) is 42.8. The number of fused-ring (bicyclic) bond motifs is 1. The Balaban J connectivity index is 1.24. The molecule has 0 saturated heterocycles. The Morgan fingerprint density at radius 1 is 0.814 bits per heavy atom. The number of carboxylic acids is 1. The Morgan fingerprint density at radius 2 is 1.44 bits per heavy atom. The van der Waals surface area contributed by atoms with Crippen molar-refractivity contribution in [1.82, 2.24) is 10.2 Å². The van der Waals surface area contributed by atoms with Crippen molar-refractivity contribution >= 4 is 23.5 Å². The molecule has 0 spiro atoms. The summed E-state index contributed by atoms with van der Waals surface area (Å²) in [5.41, 5.74) is -3.26. The molecule has 7 N–H and O–H groups in total. The Bertz CT molecular complexity index is 2460. The van der Waals surface area contributed by atoms with Gasteiger partial charge >= 0.3 is 11.9 Å². The maximum atomic E-state index is 14.2. The lowest BCUT2D eigenvalue weighted by atomic mass is 9.86. The lowest BCUT2D eigenvalue weighted by Crippen LogP contribution is -2.51. The first-order valence-electron chi connectivity index (χ1n) is 18.4. The molecule has 1 aliphatic rings. The summed E-state index contributed by atoms with van der Waals surface area (Å²) in [4.78, 5) is 53.1. The molecule has 0 bridgehead atoms. The fraction of sp³-hybridized carbons (Fsp3) is 0.262. The van der Waals surface area contributed by atoms with E-state index in [9.17, 15) is 54.2 Å². The number of carbonyl (C=O) groups is 4. The number of benzene rings is 4. The van der Waals surface area contributed by atoms with E-state index in [1.807, 2.05) is 0 Å². The van der Waals surface area contributed by atoms with Gasteiger partial charge in [-0.3, -0.25) is 14.7 Å². The Kier molecular flexibility index (Phi) is 11.4. The average molecular weight is 815 g/mol. The van der Waals surface area contributed by atoms with Gasteiger partial charge in [0.25, 0.3) is 0 Å². The van der Waals surface area contributed by atoms with E-state index < -0.39 is 87.1 Å². The van der Waals surface area contributed by atoms with Gasteiger partial charge in [-0.25, -0.2) is 14.0 Å². The Labute approximate surface area is 335 Å². The van der Waals surface area contributed by atoms with Crippen LogP contribution in [0.4, 0.5) is 4.39 Å². The zero-order valence-electron chi connectivity index (χ0n) is 31.9. The van der Waals surface area contributed by atoms with Crippen molar-refractivity contribution in [2.75, 3.05) is 6.61 Å². The van der Waals surface area contributed by atoms with E-state index in [0.29, 0.717) is 18.5 Å². The number of aromatic nitrogens is 2. The van der Waals surface area contributed by atoms with E-state index in [2.05, 4.69) is 10.2 Å². The number of rotatable bonds is 15. The molecule has 1 unspecified atom stereocenters. The number of H-pyrrole nitrogens is 1. The summed E-state index contributed by atoms with van der Waals surface area (Å²) in [6.45, 7) is 4.33. The third-order valence-corrected chi connectivity index (χ3v) is 10.2. The van der Waals surface area contributed by atoms with Crippen molar-refractivity contribution < 1.29 is 73.2 Å². The number of ketones is 2. The molecule has 6 rings (SSSR count). The minimum absolute atomic E-state index is 0.0251. The van der Waals surface area contributed by atoms with E-state index in [-0.39, 0.29) is 53.4 Å². The molecule has 1 aromatic heterocycles. The number of carboxylic acid groups (broad SMARTS) is 1. The van der Waals surface area contributed by atoms with Gasteiger partial charge in [0.15, 0.2) is 40.1 Å². The Hall–Kier alpha value is -7.30. The van der Waals surface area contributed by atoms with Gasteiger partial charge in [-0.05, 0) is 92.3 Å². The number of aromatic carboxylic acids is 1. The highest BCUT2D eigenvalue weighted by molar-refractivity contribution is 6.05. The number of carbonyl (C=O) groups excluding carboxylic acids is 3. The monoisotopic (exact) mass is 814 g/mol. The van der Waals surface area contributed by atoms with Crippen LogP contribution < -0.4 is 18.9 Å². The number of nitrogens with zero attached hydrogens (tertiary/aromatic N) is 1. The molecule has 0 fully saturated rings. The number of halogens is 1. The molecule has 17 heteroatoms. The number of esters is 1. The third-order valence-electron chi connectivity index (χ3n) is 10.2. The predicted octanol–water partition coefficient (Wildman–Crippen LogP) is 6.40. The number of aryl methyl sites for hydroxylation is 2. The van der Waals surface area contributed by atoms with E-state index >= 15 is 0 Å². The molecule has 0 amide bonds. The van der Waals surface area contributed by atoms with E-state index in [0.717, 1.165) is 35.9 Å². The molecule has 59 heavy (non-hydrogen) atoms. The van der Waals surface area contributed by atoms with Gasteiger partial charge in [0, 0.05) is 11.1 Å². The fourth-order valence-electron chi connectivity index (χ4n) is 6.58. The summed E-state index contributed by atoms with van der Waals surface area (Å²) in [6.07, 6.45) is 0.787. The van der Waals surface area contributed by atoms with Crippen LogP contribution in [0.15, 0.2) is 66.7 Å². The van der Waals surface area contributed by atoms with Crippen molar-refractivity contribution in [3.8, 4) is 51.7 Å². The van der Waals surface area contributed by atoms with Gasteiger partial charge in [0.2, 0.25) is 34.4 Å². The number of aromatic hydroxyl groups is 5. The van der Waals surface area contributed by atoms with Gasteiger partial charge in [0.1, 0.15) is 18.1 Å². The SMILES string of the molecule is CCC(CC)(Oc1cc(C(=O)O)cc(O)c1O)C(=O)c1cc(O)c2c(c1)OC(CC)(C(=O)c1cc(O)c(O)c(OC(=O)c3cc(CCc4ccc(F)cc4)n[nH]3)c1)CO2. The fourth-order valence-corrected chi connectivity index (χ4v) is 6.58. The highest BCUT2D eigenvalue weighted by Crippen LogP contribution is 2.47. The molecule has 16 nitrogen and oxygen atoms in total. The normalized spacial score (nSPS) is 14.7. The van der Waals surface area contributed by atoms with Crippen LogP contribution in [0.25, 0.3) is 0 Å². The minimum Gasteiger partial charge on any atom is -0.504 e. The van der Waals surface area contributed by atoms with Gasteiger partial charge in [-0.15, -0.1) is 0 Å². The number of nitrogens with one attached hydrogen (secondary N) is 1. The standard InChI is InChI=1S/C42H39FN2O14/c1-4-41(5-2,58-32-18-24(39(53)54)15-29(47)35(32)50)37(51)23-14-30(48)36-33(17-23)59-42(6-3,20-56-36)38(52)22-13-28(46)34(49)31(16-22)57-40(55)27-19-26(44-45-27)12-9-21-7-10-25(43)11-8-21/h7-8,10-11,13-19,46-50H,4-6,9,12,20H2,1-3H3,(H,44,45)(H,53,54). The summed E-state index contributed by atoms with van der Waals surface area (Å²) < 4.78 is 36.6. The molecule has 0 aliphatic carbocycles. The lowest BCUT2D eigenvalue weighted by molar-refractivity contribution is -0.00110. The molecule has 5 aromatic rings. The van der Waals surface area contributed by atoms with Crippen LogP contribution >= 0.6 is 0 Å². The second-order valence-electron chi connectivity index (χ2n) is 13.8. The molecular weight excluding hydrogens is 775 g/mol. The van der Waals surface area contributed by atoms with Crippen LogP contribution in [0.2, 0.25) is 0 Å². The van der Waals surface area contributed by atoms with Gasteiger partial charge in [-0.1, -0.05) is 32.9 Å². The molecule has 308 valence electrons. The quantitative estimate of drug-likeness (QED) is 0.0261. The van der Waals surface area contributed by atoms with Crippen molar-refractivity contribution in [2.24, 2.45) is 0 Å². The largest absolute Gasteiger partial charge is 0.504 e. The van der Waals surface area contributed by atoms with Crippen LogP contribution in [0.1, 0.15) is 92.9 Å². The van der Waals surface area contributed by atoms with Crippen molar-refractivity contribution in [3.05, 3.63) is 106 Å². The number of phenolic OH excluding ortho intramolecular Hbond substituents is 5. The second-order valence-corrected chi connectivity index (χ2v) is 13.8. The van der Waals surface area contributed by atoms with E-state index in [4.69, 9.17) is 18.9 Å². The number of aromatic amines is 1. The molecule has 0 saturated carbocycles. The van der Waals surface area contributed by atoms with Crippen LogP contribution in [-0.2, 0) is 12.8 Å². The van der Waals surface area contributed by atoms with Gasteiger partial charge < -0.3 is 49.6 Å². The molecule has 4 aromatic carbocycles. The summed E-state index contributed by atoms with van der Waals surface area (Å²) >= 11 is 0. The lowest BCUT2D eigenvalue weighted by Gasteiger charge is -2.37. The highest BCUT2D eigenvalue weighted by atomic mass is 19.1. The number of hydrogen-bond acceptors (Lipinski definition) is 14. The van der Waals surface area contributed by atoms with E-state index in [1.54, 1.807) is 32.9 Å². The number of hydrogen-bond donors (Lipinski definition) is 7. The number of ether oxygens (including phenoxy) is 4. The summed E-state index contributed by atoms with van der Waals surface area (Å²) in [5, 5.41) is 69.0. The zero-order valence-corrected chi connectivity index (χ0v) is 31.9. The van der Waals surface area contributed by atoms with Crippen molar-refractivity contribution in [3.63, 3.8) is 0 Å². The molecule has 1 aliphatic heterocycles. The molecule has 0 radical (unpaired) electrons. The first kappa shape index (κ1) is 41.3. The minimum atomic E-state index is -1.85. The van der Waals surface area contributed by atoms with Crippen LogP contribution in [0.5, 0.6) is 51.7 Å². The van der Waals surface area contributed by atoms with Crippen LogP contribution in [0.3, 0.4) is 0 Å². The highest BCUT2D eigenvalue weighted by Gasteiger charge is 2.47. The topological polar surface area (TPSA) is 255 Å². The first-order chi connectivity index (χ1) is 28.0. The number of phenols is 5. The molecular formula is C42H39FN2O14. The van der Waals surface area contributed by atoms with Gasteiger partial charge in [-0.2, -0.15) is 5.10 Å². The summed E-state index contributed by atoms with van der Waals surface area (Å²) in [7, 11) is 0. The first-order valence-corrected chi connectivity index (χ1v) is 18.4. The second kappa shape index (κ2) is 16.3.